The van der Waals surface area contributed by atoms with Gasteiger partial charge in [0.25, 0.3) is 5.56 Å². The molecule has 0 radical (unpaired) electrons. The third-order valence-electron chi connectivity index (χ3n) is 9.92. The van der Waals surface area contributed by atoms with Crippen LogP contribution in [0.25, 0.3) is 11.0 Å². The highest BCUT2D eigenvalue weighted by Gasteiger charge is 2.47. The molecular formula is C32H44N4O4. The standard InChI is InChI=1S/C32H44N4O4/c1-20(2)40-34-28(13-14-30(37)38)31-32(39)36(29-10-6-5-9-27(29)33-31)26-18-23-11-12-24(19-26)35(23)25-16-21-7-3-4-8-22(15-21)17-25/h5-6,9-10,20-26H,3-4,7-8,11-19H2,1-2H3,(H,37,38)/t21-,22+,23-,24+,25?,26?. The van der Waals surface area contributed by atoms with E-state index in [2.05, 4.69) is 10.1 Å². The number of piperidine rings is 1. The molecule has 1 N–H and O–H groups in total. The third kappa shape index (κ3) is 5.56. The first-order valence-corrected chi connectivity index (χ1v) is 15.6. The molecule has 2 aromatic rings. The number of hydrogen-bond donors (Lipinski definition) is 1. The zero-order valence-electron chi connectivity index (χ0n) is 24.0. The Hall–Kier alpha value is -2.74. The summed E-state index contributed by atoms with van der Waals surface area (Å²) in [5, 5.41) is 13.6. The maximum atomic E-state index is 14.2. The number of fused-ring (bicyclic) bond motifs is 5. The summed E-state index contributed by atoms with van der Waals surface area (Å²) in [4.78, 5) is 38.7. The van der Waals surface area contributed by atoms with E-state index in [9.17, 15) is 14.7 Å². The fourth-order valence-electron chi connectivity index (χ4n) is 8.41. The van der Waals surface area contributed by atoms with Crippen molar-refractivity contribution in [2.45, 2.75) is 128 Å². The number of aliphatic carboxylic acids is 1. The second kappa shape index (κ2) is 11.6. The minimum Gasteiger partial charge on any atom is -0.481 e. The lowest BCUT2D eigenvalue weighted by molar-refractivity contribution is -0.136. The molecule has 4 aliphatic rings. The van der Waals surface area contributed by atoms with Gasteiger partial charge in [-0.1, -0.05) is 43.0 Å². The molecule has 216 valence electrons. The summed E-state index contributed by atoms with van der Waals surface area (Å²) in [5.74, 6) is 0.855. The molecule has 2 saturated carbocycles. The number of hydrogen-bond acceptors (Lipinski definition) is 6. The van der Waals surface area contributed by atoms with Gasteiger partial charge in [0.15, 0.2) is 5.69 Å². The first-order chi connectivity index (χ1) is 19.4. The second-order valence-corrected chi connectivity index (χ2v) is 13.0. The Bertz CT molecular complexity index is 1290. The summed E-state index contributed by atoms with van der Waals surface area (Å²) >= 11 is 0. The Morgan fingerprint density at radius 3 is 2.27 bits per heavy atom. The van der Waals surface area contributed by atoms with Gasteiger partial charge in [-0.3, -0.25) is 14.5 Å². The van der Waals surface area contributed by atoms with Crippen LogP contribution < -0.4 is 5.56 Å². The lowest BCUT2D eigenvalue weighted by Crippen LogP contribution is -2.52. The van der Waals surface area contributed by atoms with E-state index in [1.165, 1.54) is 57.8 Å². The molecule has 3 heterocycles. The Morgan fingerprint density at radius 2 is 1.62 bits per heavy atom. The van der Waals surface area contributed by atoms with Crippen molar-refractivity contribution in [3.05, 3.63) is 40.3 Å². The quantitative estimate of drug-likeness (QED) is 0.325. The van der Waals surface area contributed by atoms with Crippen LogP contribution >= 0.6 is 0 Å². The molecule has 6 rings (SSSR count). The number of aromatic nitrogens is 2. The molecule has 2 aliphatic heterocycles. The molecule has 2 aliphatic carbocycles. The first kappa shape index (κ1) is 27.4. The van der Waals surface area contributed by atoms with Gasteiger partial charge in [-0.05, 0) is 82.8 Å². The van der Waals surface area contributed by atoms with E-state index in [0.29, 0.717) is 23.8 Å². The molecule has 8 heteroatoms. The number of para-hydroxylation sites is 2. The molecular weight excluding hydrogens is 504 g/mol. The Kier molecular flexibility index (Phi) is 7.98. The average Bonchev–Trinajstić information content (AvgIpc) is 3.08. The van der Waals surface area contributed by atoms with Crippen LogP contribution in [-0.2, 0) is 9.63 Å². The lowest BCUT2D eigenvalue weighted by Gasteiger charge is -2.48. The molecule has 4 bridgehead atoms. The number of oxime groups is 1. The Labute approximate surface area is 236 Å². The normalized spacial score (nSPS) is 30.9. The van der Waals surface area contributed by atoms with E-state index in [1.807, 2.05) is 42.7 Å². The fourth-order valence-corrected chi connectivity index (χ4v) is 8.41. The summed E-state index contributed by atoms with van der Waals surface area (Å²) in [6.45, 7) is 3.71. The van der Waals surface area contributed by atoms with E-state index in [-0.39, 0.29) is 36.2 Å². The minimum absolute atomic E-state index is 0.0884. The van der Waals surface area contributed by atoms with Crippen molar-refractivity contribution >= 4 is 22.7 Å². The van der Waals surface area contributed by atoms with Gasteiger partial charge >= 0.3 is 5.97 Å². The highest BCUT2D eigenvalue weighted by molar-refractivity contribution is 6.00. The van der Waals surface area contributed by atoms with Gasteiger partial charge in [0, 0.05) is 30.6 Å². The molecule has 1 aromatic heterocycles. The molecule has 0 amide bonds. The summed E-state index contributed by atoms with van der Waals surface area (Å²) in [6, 6.07) is 9.64. The highest BCUT2D eigenvalue weighted by atomic mass is 16.6. The summed E-state index contributed by atoms with van der Waals surface area (Å²) in [6.07, 6.45) is 13.9. The van der Waals surface area contributed by atoms with Gasteiger partial charge in [-0.25, -0.2) is 4.98 Å². The lowest BCUT2D eigenvalue weighted by atomic mass is 9.76. The summed E-state index contributed by atoms with van der Waals surface area (Å²) < 4.78 is 1.96. The molecule has 4 fully saturated rings. The van der Waals surface area contributed by atoms with Crippen molar-refractivity contribution in [3.8, 4) is 0 Å². The van der Waals surface area contributed by atoms with E-state index < -0.39 is 5.97 Å². The fraction of sp³-hybridized carbons (Fsp3) is 0.688. The zero-order chi connectivity index (χ0) is 27.8. The third-order valence-corrected chi connectivity index (χ3v) is 9.92. The molecule has 2 saturated heterocycles. The van der Waals surface area contributed by atoms with E-state index in [4.69, 9.17) is 9.82 Å². The average molecular weight is 549 g/mol. The van der Waals surface area contributed by atoms with Crippen molar-refractivity contribution in [2.75, 3.05) is 0 Å². The Morgan fingerprint density at radius 1 is 0.950 bits per heavy atom. The van der Waals surface area contributed by atoms with Crippen LogP contribution in [0.5, 0.6) is 0 Å². The smallest absolute Gasteiger partial charge is 0.303 e. The predicted molar refractivity (Wildman–Crippen MR) is 156 cm³/mol. The predicted octanol–water partition coefficient (Wildman–Crippen LogP) is 5.92. The maximum absolute atomic E-state index is 14.2. The van der Waals surface area contributed by atoms with E-state index >= 15 is 0 Å². The van der Waals surface area contributed by atoms with Crippen LogP contribution in [0.15, 0.2) is 34.2 Å². The van der Waals surface area contributed by atoms with Gasteiger partial charge in [0.1, 0.15) is 11.8 Å². The van der Waals surface area contributed by atoms with E-state index in [1.54, 1.807) is 0 Å². The van der Waals surface area contributed by atoms with Crippen LogP contribution in [0, 0.1) is 11.8 Å². The molecule has 2 unspecified atom stereocenters. The summed E-state index contributed by atoms with van der Waals surface area (Å²) in [5.41, 5.74) is 1.92. The summed E-state index contributed by atoms with van der Waals surface area (Å²) in [7, 11) is 0. The van der Waals surface area contributed by atoms with Crippen LogP contribution in [0.2, 0.25) is 0 Å². The van der Waals surface area contributed by atoms with Gasteiger partial charge < -0.3 is 14.5 Å². The van der Waals surface area contributed by atoms with Crippen LogP contribution in [0.1, 0.15) is 109 Å². The number of benzene rings is 1. The largest absolute Gasteiger partial charge is 0.481 e. The number of carboxylic acids is 1. The van der Waals surface area contributed by atoms with Crippen molar-refractivity contribution in [1.29, 1.82) is 0 Å². The van der Waals surface area contributed by atoms with Crippen molar-refractivity contribution in [1.82, 2.24) is 14.5 Å². The van der Waals surface area contributed by atoms with Crippen molar-refractivity contribution in [2.24, 2.45) is 17.0 Å². The van der Waals surface area contributed by atoms with Crippen LogP contribution in [0.4, 0.5) is 0 Å². The Balaban J connectivity index is 1.33. The van der Waals surface area contributed by atoms with Crippen LogP contribution in [-0.4, -0.2) is 55.5 Å². The van der Waals surface area contributed by atoms with Crippen LogP contribution in [0.3, 0.4) is 0 Å². The number of nitrogens with zero attached hydrogens (tertiary/aromatic N) is 4. The molecule has 1 aromatic carbocycles. The van der Waals surface area contributed by atoms with Crippen molar-refractivity contribution < 1.29 is 14.7 Å². The monoisotopic (exact) mass is 548 g/mol. The zero-order valence-corrected chi connectivity index (χ0v) is 24.0. The SMILES string of the molecule is CC(C)ON=C(CCC(=O)O)c1nc2ccccc2n(C2C[C@H]3CC[C@@H](C2)N3C2C[C@H]3CCCC[C@@H](C2)C3)c1=O. The second-order valence-electron chi connectivity index (χ2n) is 13.0. The number of carboxylic acid groups (broad SMARTS) is 1. The minimum atomic E-state index is -0.940. The first-order valence-electron chi connectivity index (χ1n) is 15.6. The number of rotatable bonds is 8. The topological polar surface area (TPSA) is 97.0 Å². The van der Waals surface area contributed by atoms with Crippen molar-refractivity contribution in [3.63, 3.8) is 0 Å². The molecule has 40 heavy (non-hydrogen) atoms. The maximum Gasteiger partial charge on any atom is 0.303 e. The van der Waals surface area contributed by atoms with Gasteiger partial charge in [-0.15, -0.1) is 0 Å². The number of carbonyl (C=O) groups is 1. The highest BCUT2D eigenvalue weighted by Crippen LogP contribution is 2.48. The molecule has 0 spiro atoms. The molecule has 6 atom stereocenters. The van der Waals surface area contributed by atoms with Gasteiger partial charge in [0.05, 0.1) is 17.5 Å². The van der Waals surface area contributed by atoms with E-state index in [0.717, 1.165) is 35.7 Å². The van der Waals surface area contributed by atoms with Gasteiger partial charge in [-0.2, -0.15) is 0 Å². The van der Waals surface area contributed by atoms with Gasteiger partial charge in [0.2, 0.25) is 0 Å². The molecule has 8 nitrogen and oxygen atoms in total.